The highest BCUT2D eigenvalue weighted by atomic mass is 32.1. The Bertz CT molecular complexity index is 779. The van der Waals surface area contributed by atoms with Crippen LogP contribution in [0, 0.1) is 11.3 Å². The number of hydrogen-bond donors (Lipinski definition) is 0. The minimum atomic E-state index is -1.07. The van der Waals surface area contributed by atoms with Crippen molar-refractivity contribution in [1.29, 1.82) is 5.26 Å². The molecule has 0 saturated carbocycles. The topological polar surface area (TPSA) is 89.3 Å². The number of hydrogen-bond acceptors (Lipinski definition) is 7. The Labute approximate surface area is 143 Å². The third-order valence-electron chi connectivity index (χ3n) is 3.23. The Balaban J connectivity index is 2.31. The number of ether oxygens (including phenoxy) is 2. The molecule has 0 spiro atoms. The predicted molar refractivity (Wildman–Crippen MR) is 87.9 cm³/mol. The molecule has 1 atom stereocenters. The quantitative estimate of drug-likeness (QED) is 0.567. The van der Waals surface area contributed by atoms with Crippen LogP contribution >= 0.6 is 11.3 Å². The van der Waals surface area contributed by atoms with Gasteiger partial charge in [-0.2, -0.15) is 5.26 Å². The number of methoxy groups -OCH3 is 1. The Kier molecular flexibility index (Phi) is 6.18. The number of rotatable bonds is 7. The number of ketones is 1. The van der Waals surface area contributed by atoms with Gasteiger partial charge in [-0.05, 0) is 12.5 Å². The smallest absolute Gasteiger partial charge is 0.357 e. The van der Waals surface area contributed by atoms with E-state index in [2.05, 4.69) is 4.98 Å². The van der Waals surface area contributed by atoms with Gasteiger partial charge in [0.05, 0.1) is 19.3 Å². The average molecular weight is 344 g/mol. The first kappa shape index (κ1) is 17.8. The maximum atomic E-state index is 12.7. The molecule has 1 heterocycles. The lowest BCUT2D eigenvalue weighted by Crippen LogP contribution is -2.14. The van der Waals surface area contributed by atoms with Crippen molar-refractivity contribution in [2.75, 3.05) is 13.7 Å². The van der Waals surface area contributed by atoms with Crippen LogP contribution < -0.4 is 0 Å². The summed E-state index contributed by atoms with van der Waals surface area (Å²) < 4.78 is 9.96. The zero-order valence-corrected chi connectivity index (χ0v) is 14.1. The summed E-state index contributed by atoms with van der Waals surface area (Å²) in [6.45, 7) is 2.20. The van der Waals surface area contributed by atoms with Crippen LogP contribution in [0.3, 0.4) is 0 Å². The molecule has 1 unspecified atom stereocenters. The van der Waals surface area contributed by atoms with E-state index in [9.17, 15) is 14.9 Å². The van der Waals surface area contributed by atoms with Gasteiger partial charge in [0.15, 0.2) is 17.4 Å². The number of nitriles is 1. The number of carbonyl (C=O) groups is 2. The standard InChI is InChI=1S/C17H16N2O4S/c1-3-23-17(21)14-10-24-16(19-14)13(8-18)15(20)12-7-5-4-6-11(12)9-22-2/h4-7,10,13H,3,9H2,1-2H3. The number of Topliss-reactive ketones (excluding diaryl/α,β-unsaturated/α-hetero) is 1. The molecule has 124 valence electrons. The molecule has 0 amide bonds. The van der Waals surface area contributed by atoms with Crippen molar-refractivity contribution >= 4 is 23.1 Å². The fourth-order valence-electron chi connectivity index (χ4n) is 2.14. The van der Waals surface area contributed by atoms with Gasteiger partial charge in [0.25, 0.3) is 0 Å². The van der Waals surface area contributed by atoms with Gasteiger partial charge in [0.1, 0.15) is 5.01 Å². The van der Waals surface area contributed by atoms with Gasteiger partial charge in [0, 0.05) is 18.1 Å². The van der Waals surface area contributed by atoms with Gasteiger partial charge in [-0.3, -0.25) is 4.79 Å². The Morgan fingerprint density at radius 1 is 1.38 bits per heavy atom. The highest BCUT2D eigenvalue weighted by Crippen LogP contribution is 2.26. The molecule has 0 aliphatic heterocycles. The van der Waals surface area contributed by atoms with E-state index in [1.807, 2.05) is 6.07 Å². The van der Waals surface area contributed by atoms with Crippen molar-refractivity contribution in [3.8, 4) is 6.07 Å². The van der Waals surface area contributed by atoms with Crippen molar-refractivity contribution in [1.82, 2.24) is 4.98 Å². The van der Waals surface area contributed by atoms with Crippen LogP contribution in [0.2, 0.25) is 0 Å². The molecule has 1 aromatic carbocycles. The highest BCUT2D eigenvalue weighted by Gasteiger charge is 2.27. The molecular weight excluding hydrogens is 328 g/mol. The second-order valence-electron chi connectivity index (χ2n) is 4.81. The van der Waals surface area contributed by atoms with Gasteiger partial charge in [-0.1, -0.05) is 24.3 Å². The van der Waals surface area contributed by atoms with Crippen molar-refractivity contribution < 1.29 is 19.1 Å². The van der Waals surface area contributed by atoms with Crippen LogP contribution in [0.4, 0.5) is 0 Å². The molecule has 0 aliphatic carbocycles. The van der Waals surface area contributed by atoms with Gasteiger partial charge < -0.3 is 9.47 Å². The predicted octanol–water partition coefficient (Wildman–Crippen LogP) is 2.96. The van der Waals surface area contributed by atoms with Gasteiger partial charge >= 0.3 is 5.97 Å². The fourth-order valence-corrected chi connectivity index (χ4v) is 2.97. The van der Waals surface area contributed by atoms with E-state index < -0.39 is 11.9 Å². The Morgan fingerprint density at radius 3 is 2.79 bits per heavy atom. The fraction of sp³-hybridized carbons (Fsp3) is 0.294. The minimum Gasteiger partial charge on any atom is -0.461 e. The van der Waals surface area contributed by atoms with Crippen LogP contribution in [0.1, 0.15) is 44.3 Å². The van der Waals surface area contributed by atoms with Crippen molar-refractivity contribution in [2.24, 2.45) is 0 Å². The summed E-state index contributed by atoms with van der Waals surface area (Å²) in [5.74, 6) is -2.00. The van der Waals surface area contributed by atoms with Crippen LogP contribution in [-0.4, -0.2) is 30.5 Å². The zero-order valence-electron chi connectivity index (χ0n) is 13.3. The summed E-state index contributed by atoms with van der Waals surface area (Å²) in [4.78, 5) is 28.5. The van der Waals surface area contributed by atoms with E-state index in [0.717, 1.165) is 11.3 Å². The molecule has 6 nitrogen and oxygen atoms in total. The zero-order chi connectivity index (χ0) is 17.5. The van der Waals surface area contributed by atoms with Gasteiger partial charge in [-0.25, -0.2) is 9.78 Å². The van der Waals surface area contributed by atoms with E-state index in [1.54, 1.807) is 31.2 Å². The molecular formula is C17H16N2O4S. The third-order valence-corrected chi connectivity index (χ3v) is 4.14. The summed E-state index contributed by atoms with van der Waals surface area (Å²) in [7, 11) is 1.54. The van der Waals surface area contributed by atoms with E-state index in [0.29, 0.717) is 11.1 Å². The van der Waals surface area contributed by atoms with Crippen LogP contribution in [0.5, 0.6) is 0 Å². The first-order valence-electron chi connectivity index (χ1n) is 7.25. The minimum absolute atomic E-state index is 0.107. The average Bonchev–Trinajstić information content (AvgIpc) is 3.06. The lowest BCUT2D eigenvalue weighted by Gasteiger charge is -2.10. The van der Waals surface area contributed by atoms with Crippen molar-refractivity contribution in [2.45, 2.75) is 19.4 Å². The number of esters is 1. The largest absolute Gasteiger partial charge is 0.461 e. The molecule has 1 aromatic heterocycles. The second-order valence-corrected chi connectivity index (χ2v) is 5.70. The summed E-state index contributed by atoms with van der Waals surface area (Å²) in [5, 5.41) is 11.2. The van der Waals surface area contributed by atoms with E-state index in [-0.39, 0.29) is 29.7 Å². The highest BCUT2D eigenvalue weighted by molar-refractivity contribution is 7.10. The van der Waals surface area contributed by atoms with E-state index >= 15 is 0 Å². The SMILES string of the molecule is CCOC(=O)c1csc(C(C#N)C(=O)c2ccccc2COC)n1. The lowest BCUT2D eigenvalue weighted by atomic mass is 9.95. The maximum Gasteiger partial charge on any atom is 0.357 e. The number of nitrogens with zero attached hydrogens (tertiary/aromatic N) is 2. The van der Waals surface area contributed by atoms with E-state index in [1.165, 1.54) is 12.5 Å². The third kappa shape index (κ3) is 3.85. The number of thiazole rings is 1. The second kappa shape index (κ2) is 8.34. The first-order valence-corrected chi connectivity index (χ1v) is 8.13. The van der Waals surface area contributed by atoms with Crippen LogP contribution in [0.25, 0.3) is 0 Å². The molecule has 0 saturated heterocycles. The maximum absolute atomic E-state index is 12.7. The molecule has 0 N–H and O–H groups in total. The van der Waals surface area contributed by atoms with Gasteiger partial charge in [0.2, 0.25) is 0 Å². The number of aromatic nitrogens is 1. The Hall–Kier alpha value is -2.56. The molecule has 0 bridgehead atoms. The molecule has 0 aliphatic rings. The lowest BCUT2D eigenvalue weighted by molar-refractivity contribution is 0.0519. The summed E-state index contributed by atoms with van der Waals surface area (Å²) >= 11 is 1.09. The molecule has 0 fully saturated rings. The van der Waals surface area contributed by atoms with Crippen LogP contribution in [-0.2, 0) is 16.1 Å². The number of benzene rings is 1. The molecule has 24 heavy (non-hydrogen) atoms. The molecule has 0 radical (unpaired) electrons. The Morgan fingerprint density at radius 2 is 2.12 bits per heavy atom. The van der Waals surface area contributed by atoms with Crippen molar-refractivity contribution in [3.63, 3.8) is 0 Å². The van der Waals surface area contributed by atoms with Crippen LogP contribution in [0.15, 0.2) is 29.6 Å². The first-order chi connectivity index (χ1) is 11.6. The summed E-state index contributed by atoms with van der Waals surface area (Å²) in [6, 6.07) is 8.93. The molecule has 2 rings (SSSR count). The molecule has 2 aromatic rings. The molecule has 7 heteroatoms. The number of carbonyl (C=O) groups excluding carboxylic acids is 2. The monoisotopic (exact) mass is 344 g/mol. The van der Waals surface area contributed by atoms with Gasteiger partial charge in [-0.15, -0.1) is 11.3 Å². The summed E-state index contributed by atoms with van der Waals surface area (Å²) in [6.07, 6.45) is 0. The van der Waals surface area contributed by atoms with E-state index in [4.69, 9.17) is 9.47 Å². The van der Waals surface area contributed by atoms with Crippen molar-refractivity contribution in [3.05, 3.63) is 51.5 Å². The summed E-state index contributed by atoms with van der Waals surface area (Å²) in [5.41, 5.74) is 1.22. The normalized spacial score (nSPS) is 11.5.